The molecule has 1 aliphatic rings. The van der Waals surface area contributed by atoms with E-state index in [-0.39, 0.29) is 23.5 Å². The van der Waals surface area contributed by atoms with E-state index in [1.807, 2.05) is 31.2 Å². The molecule has 2 aromatic heterocycles. The molecule has 0 saturated carbocycles. The number of carbonyl (C=O) groups is 1. The highest BCUT2D eigenvalue weighted by Gasteiger charge is 2.20. The first-order valence-corrected chi connectivity index (χ1v) is 9.77. The van der Waals surface area contributed by atoms with Gasteiger partial charge in [0.1, 0.15) is 11.9 Å². The third kappa shape index (κ3) is 3.57. The SMILES string of the molecule is Cc1ccc(-c2ncc3c(=O)n(CC(=O)N4CCCCC4)c(=O)n(C)c3n2)cc1. The third-order valence-corrected chi connectivity index (χ3v) is 5.39. The minimum atomic E-state index is -0.554. The Balaban J connectivity index is 1.75. The lowest BCUT2D eigenvalue weighted by atomic mass is 10.1. The van der Waals surface area contributed by atoms with Crippen molar-refractivity contribution in [1.82, 2.24) is 24.0 Å². The Hall–Kier alpha value is -3.29. The number of piperidine rings is 1. The predicted octanol–water partition coefficient (Wildman–Crippen LogP) is 1.48. The van der Waals surface area contributed by atoms with Gasteiger partial charge in [-0.05, 0) is 26.2 Å². The van der Waals surface area contributed by atoms with E-state index in [9.17, 15) is 14.4 Å². The van der Waals surface area contributed by atoms with Crippen LogP contribution < -0.4 is 11.2 Å². The van der Waals surface area contributed by atoms with Crippen molar-refractivity contribution in [2.45, 2.75) is 32.7 Å². The maximum Gasteiger partial charge on any atom is 0.332 e. The zero-order valence-electron chi connectivity index (χ0n) is 16.6. The molecule has 150 valence electrons. The van der Waals surface area contributed by atoms with Crippen LogP contribution in [0.15, 0.2) is 40.1 Å². The molecule has 0 N–H and O–H groups in total. The fourth-order valence-electron chi connectivity index (χ4n) is 3.64. The van der Waals surface area contributed by atoms with Gasteiger partial charge in [-0.3, -0.25) is 18.7 Å². The van der Waals surface area contributed by atoms with Crippen LogP contribution in [-0.4, -0.2) is 43.0 Å². The molecule has 0 radical (unpaired) electrons. The van der Waals surface area contributed by atoms with Crippen molar-refractivity contribution in [2.75, 3.05) is 13.1 Å². The van der Waals surface area contributed by atoms with Crippen LogP contribution in [-0.2, 0) is 18.4 Å². The maximum atomic E-state index is 12.9. The highest BCUT2D eigenvalue weighted by Crippen LogP contribution is 2.17. The van der Waals surface area contributed by atoms with Crippen molar-refractivity contribution in [1.29, 1.82) is 0 Å². The fraction of sp³-hybridized carbons (Fsp3) is 0.381. The number of rotatable bonds is 3. The van der Waals surface area contributed by atoms with Gasteiger partial charge in [0.2, 0.25) is 5.91 Å². The summed E-state index contributed by atoms with van der Waals surface area (Å²) in [5.41, 5.74) is 1.08. The lowest BCUT2D eigenvalue weighted by Crippen LogP contribution is -2.45. The highest BCUT2D eigenvalue weighted by molar-refractivity contribution is 5.78. The zero-order chi connectivity index (χ0) is 20.5. The molecule has 1 aliphatic heterocycles. The number of carbonyl (C=O) groups excluding carboxylic acids is 1. The quantitative estimate of drug-likeness (QED) is 0.672. The third-order valence-electron chi connectivity index (χ3n) is 5.39. The van der Waals surface area contributed by atoms with Gasteiger partial charge in [-0.15, -0.1) is 0 Å². The van der Waals surface area contributed by atoms with Crippen molar-refractivity contribution in [3.8, 4) is 11.4 Å². The molecular formula is C21H23N5O3. The second kappa shape index (κ2) is 7.62. The summed E-state index contributed by atoms with van der Waals surface area (Å²) in [4.78, 5) is 48.8. The van der Waals surface area contributed by atoms with Gasteiger partial charge in [-0.1, -0.05) is 29.8 Å². The van der Waals surface area contributed by atoms with E-state index in [0.717, 1.165) is 35.0 Å². The number of benzene rings is 1. The van der Waals surface area contributed by atoms with Crippen LogP contribution in [0, 0.1) is 6.92 Å². The molecule has 1 aromatic carbocycles. The van der Waals surface area contributed by atoms with Crippen LogP contribution >= 0.6 is 0 Å². The largest absolute Gasteiger partial charge is 0.341 e. The number of likely N-dealkylation sites (tertiary alicyclic amines) is 1. The zero-order valence-corrected chi connectivity index (χ0v) is 16.6. The lowest BCUT2D eigenvalue weighted by Gasteiger charge is -2.26. The van der Waals surface area contributed by atoms with E-state index in [4.69, 9.17) is 0 Å². The molecule has 8 nitrogen and oxygen atoms in total. The molecule has 29 heavy (non-hydrogen) atoms. The molecule has 0 bridgehead atoms. The number of nitrogens with zero attached hydrogens (tertiary/aromatic N) is 5. The van der Waals surface area contributed by atoms with Crippen molar-refractivity contribution in [3.63, 3.8) is 0 Å². The summed E-state index contributed by atoms with van der Waals surface area (Å²) >= 11 is 0. The van der Waals surface area contributed by atoms with Crippen LogP contribution in [0.5, 0.6) is 0 Å². The normalized spacial score (nSPS) is 14.3. The number of amides is 1. The monoisotopic (exact) mass is 393 g/mol. The second-order valence-electron chi connectivity index (χ2n) is 7.47. The van der Waals surface area contributed by atoms with Crippen LogP contribution in [0.1, 0.15) is 24.8 Å². The van der Waals surface area contributed by atoms with Gasteiger partial charge in [-0.25, -0.2) is 14.8 Å². The predicted molar refractivity (Wildman–Crippen MR) is 110 cm³/mol. The molecule has 0 atom stereocenters. The average molecular weight is 393 g/mol. The molecular weight excluding hydrogens is 370 g/mol. The molecule has 0 aliphatic carbocycles. The molecule has 1 amide bonds. The summed E-state index contributed by atoms with van der Waals surface area (Å²) in [6, 6.07) is 7.69. The highest BCUT2D eigenvalue weighted by atomic mass is 16.2. The summed E-state index contributed by atoms with van der Waals surface area (Å²) in [7, 11) is 1.55. The minimum Gasteiger partial charge on any atom is -0.341 e. The Morgan fingerprint density at radius 3 is 2.45 bits per heavy atom. The van der Waals surface area contributed by atoms with Crippen LogP contribution in [0.25, 0.3) is 22.4 Å². The van der Waals surface area contributed by atoms with Gasteiger partial charge in [-0.2, -0.15) is 0 Å². The smallest absolute Gasteiger partial charge is 0.332 e. The number of fused-ring (bicyclic) bond motifs is 1. The Labute approximate surface area is 167 Å². The van der Waals surface area contributed by atoms with Gasteiger partial charge in [0, 0.05) is 31.9 Å². The Bertz CT molecular complexity index is 1190. The summed E-state index contributed by atoms with van der Waals surface area (Å²) in [6.07, 6.45) is 4.43. The van der Waals surface area contributed by atoms with E-state index in [1.165, 1.54) is 10.8 Å². The standard InChI is InChI=1S/C21H23N5O3/c1-14-6-8-15(9-7-14)18-22-12-16-19(23-18)24(2)21(29)26(20(16)28)13-17(27)25-10-4-3-5-11-25/h6-9,12H,3-5,10-11,13H2,1-2H3. The molecule has 1 fully saturated rings. The average Bonchev–Trinajstić information content (AvgIpc) is 2.76. The number of aromatic nitrogens is 4. The van der Waals surface area contributed by atoms with E-state index in [2.05, 4.69) is 9.97 Å². The Morgan fingerprint density at radius 1 is 1.07 bits per heavy atom. The summed E-state index contributed by atoms with van der Waals surface area (Å²) < 4.78 is 2.29. The topological polar surface area (TPSA) is 90.1 Å². The maximum absolute atomic E-state index is 12.9. The van der Waals surface area contributed by atoms with Crippen molar-refractivity contribution in [2.24, 2.45) is 7.05 Å². The van der Waals surface area contributed by atoms with Crippen LogP contribution in [0.2, 0.25) is 0 Å². The Kier molecular flexibility index (Phi) is 5.00. The van der Waals surface area contributed by atoms with Gasteiger partial charge in [0.25, 0.3) is 5.56 Å². The molecule has 1 saturated heterocycles. The van der Waals surface area contributed by atoms with Gasteiger partial charge in [0.15, 0.2) is 11.5 Å². The first-order chi connectivity index (χ1) is 14.0. The summed E-state index contributed by atoms with van der Waals surface area (Å²) in [5, 5.41) is 0.217. The number of hydrogen-bond donors (Lipinski definition) is 0. The lowest BCUT2D eigenvalue weighted by molar-refractivity contribution is -0.132. The summed E-state index contributed by atoms with van der Waals surface area (Å²) in [5.74, 6) is 0.231. The minimum absolute atomic E-state index is 0.208. The van der Waals surface area contributed by atoms with Gasteiger partial charge in [0.05, 0.1) is 0 Å². The molecule has 3 heterocycles. The van der Waals surface area contributed by atoms with E-state index < -0.39 is 11.2 Å². The number of aryl methyl sites for hydroxylation is 2. The molecule has 0 spiro atoms. The fourth-order valence-corrected chi connectivity index (χ4v) is 3.64. The molecule has 8 heteroatoms. The molecule has 4 rings (SSSR count). The second-order valence-corrected chi connectivity index (χ2v) is 7.47. The van der Waals surface area contributed by atoms with E-state index in [1.54, 1.807) is 11.9 Å². The summed E-state index contributed by atoms with van der Waals surface area (Å²) in [6.45, 7) is 3.07. The van der Waals surface area contributed by atoms with Crippen molar-refractivity contribution in [3.05, 3.63) is 56.9 Å². The Morgan fingerprint density at radius 2 is 1.76 bits per heavy atom. The molecule has 3 aromatic rings. The number of hydrogen-bond acceptors (Lipinski definition) is 5. The van der Waals surface area contributed by atoms with Crippen molar-refractivity contribution < 1.29 is 4.79 Å². The van der Waals surface area contributed by atoms with Crippen LogP contribution in [0.4, 0.5) is 0 Å². The molecule has 0 unspecified atom stereocenters. The van der Waals surface area contributed by atoms with Gasteiger partial charge < -0.3 is 4.90 Å². The first-order valence-electron chi connectivity index (χ1n) is 9.77. The van der Waals surface area contributed by atoms with Crippen LogP contribution in [0.3, 0.4) is 0 Å². The van der Waals surface area contributed by atoms with E-state index >= 15 is 0 Å². The van der Waals surface area contributed by atoms with Crippen molar-refractivity contribution >= 4 is 16.9 Å². The first kappa shape index (κ1) is 19.0. The van der Waals surface area contributed by atoms with E-state index in [0.29, 0.717) is 18.9 Å². The van der Waals surface area contributed by atoms with Gasteiger partial charge >= 0.3 is 5.69 Å².